The van der Waals surface area contributed by atoms with Crippen molar-refractivity contribution < 1.29 is 24.2 Å². The van der Waals surface area contributed by atoms with Crippen LogP contribution in [0.3, 0.4) is 0 Å². The molecule has 158 valence electrons. The van der Waals surface area contributed by atoms with Gasteiger partial charge in [-0.25, -0.2) is 0 Å². The zero-order valence-electron chi connectivity index (χ0n) is 17.4. The molecule has 0 rings (SSSR count). The molecule has 0 unspecified atom stereocenters. The summed E-state index contributed by atoms with van der Waals surface area (Å²) in [4.78, 5) is 21.2. The highest BCUT2D eigenvalue weighted by Gasteiger charge is 2.07. The average molecular weight is 385 g/mol. The molecular weight excluding hydrogens is 344 g/mol. The van der Waals surface area contributed by atoms with Gasteiger partial charge in [0.1, 0.15) is 6.61 Å². The zero-order chi connectivity index (χ0) is 20.2. The first-order chi connectivity index (χ1) is 13.1. The lowest BCUT2D eigenvalue weighted by Crippen LogP contribution is -2.17. The first-order valence-corrected chi connectivity index (χ1v) is 10.7. The second kappa shape index (κ2) is 19.4. The minimum atomic E-state index is -0.697. The maximum absolute atomic E-state index is 10.8. The van der Waals surface area contributed by atoms with E-state index >= 15 is 0 Å². The fraction of sp³-hybridized carbons (Fsp3) is 0.818. The molecule has 0 saturated heterocycles. The molecule has 0 fully saturated rings. The summed E-state index contributed by atoms with van der Waals surface area (Å²) in [6.07, 6.45) is 18.1. The van der Waals surface area contributed by atoms with E-state index in [0.717, 1.165) is 51.4 Å². The van der Waals surface area contributed by atoms with Crippen LogP contribution in [0.2, 0.25) is 0 Å². The summed E-state index contributed by atoms with van der Waals surface area (Å²) in [6.45, 7) is 4.41. The quantitative estimate of drug-likeness (QED) is 0.176. The van der Waals surface area contributed by atoms with E-state index in [1.807, 2.05) is 0 Å². The van der Waals surface area contributed by atoms with Crippen LogP contribution >= 0.6 is 0 Å². The Morgan fingerprint density at radius 2 is 1.63 bits per heavy atom. The molecule has 0 aromatic heterocycles. The van der Waals surface area contributed by atoms with Crippen LogP contribution < -0.4 is 0 Å². The minimum Gasteiger partial charge on any atom is -0.481 e. The first kappa shape index (κ1) is 25.6. The highest BCUT2D eigenvalue weighted by atomic mass is 16.6. The van der Waals surface area contributed by atoms with Crippen LogP contribution in [0.25, 0.3) is 0 Å². The molecular formula is C22H40O5. The van der Waals surface area contributed by atoms with E-state index in [-0.39, 0.29) is 18.5 Å². The summed E-state index contributed by atoms with van der Waals surface area (Å²) < 4.78 is 10.8. The van der Waals surface area contributed by atoms with Crippen molar-refractivity contribution in [3.8, 4) is 0 Å². The Labute approximate surface area is 165 Å². The molecule has 0 aliphatic rings. The van der Waals surface area contributed by atoms with Gasteiger partial charge in [-0.05, 0) is 32.1 Å². The van der Waals surface area contributed by atoms with Crippen LogP contribution in [0.1, 0.15) is 97.3 Å². The molecule has 0 heterocycles. The number of carbonyl (C=O) groups excluding carboxylic acids is 1. The lowest BCUT2D eigenvalue weighted by molar-refractivity contribution is -0.143. The van der Waals surface area contributed by atoms with Crippen molar-refractivity contribution >= 4 is 11.9 Å². The van der Waals surface area contributed by atoms with Gasteiger partial charge in [-0.1, -0.05) is 64.0 Å². The molecule has 1 N–H and O–H groups in total. The molecule has 0 aromatic rings. The van der Waals surface area contributed by atoms with Crippen LogP contribution in [-0.4, -0.2) is 36.4 Å². The van der Waals surface area contributed by atoms with Gasteiger partial charge < -0.3 is 14.6 Å². The average Bonchev–Trinajstić information content (AvgIpc) is 2.62. The van der Waals surface area contributed by atoms with Crippen molar-refractivity contribution in [2.24, 2.45) is 0 Å². The van der Waals surface area contributed by atoms with E-state index in [0.29, 0.717) is 13.2 Å². The van der Waals surface area contributed by atoms with E-state index in [2.05, 4.69) is 19.1 Å². The van der Waals surface area contributed by atoms with Crippen molar-refractivity contribution in [1.82, 2.24) is 0 Å². The molecule has 5 heteroatoms. The Morgan fingerprint density at radius 1 is 0.926 bits per heavy atom. The third-order valence-electron chi connectivity index (χ3n) is 4.45. The van der Waals surface area contributed by atoms with Crippen LogP contribution in [0.15, 0.2) is 12.2 Å². The van der Waals surface area contributed by atoms with Crippen LogP contribution in [-0.2, 0) is 19.1 Å². The summed E-state index contributed by atoms with van der Waals surface area (Å²) in [5, 5.41) is 8.59. The third-order valence-corrected chi connectivity index (χ3v) is 4.45. The van der Waals surface area contributed by atoms with Gasteiger partial charge in [0, 0.05) is 13.3 Å². The monoisotopic (exact) mass is 384 g/mol. The van der Waals surface area contributed by atoms with Crippen molar-refractivity contribution in [2.45, 2.75) is 103 Å². The van der Waals surface area contributed by atoms with E-state index in [4.69, 9.17) is 14.6 Å². The lowest BCUT2D eigenvalue weighted by Gasteiger charge is -2.16. The maximum Gasteiger partial charge on any atom is 0.303 e. The van der Waals surface area contributed by atoms with Gasteiger partial charge in [-0.15, -0.1) is 0 Å². The molecule has 0 amide bonds. The molecule has 1 atom stereocenters. The number of unbranched alkanes of at least 4 members (excludes halogenated alkanes) is 8. The Morgan fingerprint density at radius 3 is 2.33 bits per heavy atom. The number of hydrogen-bond acceptors (Lipinski definition) is 4. The predicted octanol–water partition coefficient (Wildman–Crippen LogP) is 5.67. The molecule has 0 aliphatic carbocycles. The number of allylic oxidation sites excluding steroid dienone is 1. The number of carboxylic acids is 1. The second-order valence-corrected chi connectivity index (χ2v) is 7.09. The Kier molecular flexibility index (Phi) is 18.4. The third kappa shape index (κ3) is 20.8. The van der Waals surface area contributed by atoms with E-state index < -0.39 is 5.97 Å². The fourth-order valence-electron chi connectivity index (χ4n) is 2.90. The van der Waals surface area contributed by atoms with Gasteiger partial charge in [0.2, 0.25) is 0 Å². The fourth-order valence-corrected chi connectivity index (χ4v) is 2.90. The highest BCUT2D eigenvalue weighted by molar-refractivity contribution is 5.66. The number of aliphatic carboxylic acids is 1. The van der Waals surface area contributed by atoms with Crippen molar-refractivity contribution in [2.75, 3.05) is 13.2 Å². The maximum atomic E-state index is 10.8. The number of esters is 1. The predicted molar refractivity (Wildman–Crippen MR) is 109 cm³/mol. The highest BCUT2D eigenvalue weighted by Crippen LogP contribution is 2.13. The summed E-state index contributed by atoms with van der Waals surface area (Å²) in [5.74, 6) is -0.960. The van der Waals surface area contributed by atoms with E-state index in [1.54, 1.807) is 0 Å². The number of ether oxygens (including phenoxy) is 2. The zero-order valence-corrected chi connectivity index (χ0v) is 17.4. The number of carboxylic acid groups (broad SMARTS) is 1. The Hall–Kier alpha value is -1.36. The lowest BCUT2D eigenvalue weighted by atomic mass is 10.1. The standard InChI is InChI=1S/C22H40O5/c1-3-4-5-12-15-21(27-19-18-26-20(2)23)16-13-10-8-6-7-9-11-14-17-22(24)25/h10,13,21H,3-9,11-12,14-19H2,1-2H3,(H,24,25)/b13-10-/t21-/m1/s1. The molecule has 0 saturated carbocycles. The number of carbonyl (C=O) groups is 2. The molecule has 0 aliphatic heterocycles. The molecule has 0 aromatic carbocycles. The molecule has 5 nitrogen and oxygen atoms in total. The summed E-state index contributed by atoms with van der Waals surface area (Å²) in [5.41, 5.74) is 0. The van der Waals surface area contributed by atoms with Crippen LogP contribution in [0.4, 0.5) is 0 Å². The smallest absolute Gasteiger partial charge is 0.303 e. The van der Waals surface area contributed by atoms with Crippen molar-refractivity contribution in [3.63, 3.8) is 0 Å². The first-order valence-electron chi connectivity index (χ1n) is 10.7. The van der Waals surface area contributed by atoms with Gasteiger partial charge in [0.15, 0.2) is 0 Å². The van der Waals surface area contributed by atoms with E-state index in [1.165, 1.54) is 32.6 Å². The number of rotatable bonds is 19. The minimum absolute atomic E-state index is 0.199. The molecule has 0 bridgehead atoms. The SMILES string of the molecule is CCCCCC[C@H](C/C=C\CCCCCCCC(=O)O)OCCOC(C)=O. The van der Waals surface area contributed by atoms with Gasteiger partial charge >= 0.3 is 11.9 Å². The summed E-state index contributed by atoms with van der Waals surface area (Å²) in [7, 11) is 0. The molecule has 27 heavy (non-hydrogen) atoms. The van der Waals surface area contributed by atoms with Crippen molar-refractivity contribution in [3.05, 3.63) is 12.2 Å². The number of hydrogen-bond donors (Lipinski definition) is 1. The largest absolute Gasteiger partial charge is 0.481 e. The van der Waals surface area contributed by atoms with Crippen LogP contribution in [0.5, 0.6) is 0 Å². The second-order valence-electron chi connectivity index (χ2n) is 7.09. The summed E-state index contributed by atoms with van der Waals surface area (Å²) in [6, 6.07) is 0. The normalized spacial score (nSPS) is 12.4. The Bertz CT molecular complexity index is 392. The van der Waals surface area contributed by atoms with Gasteiger partial charge in [0.25, 0.3) is 0 Å². The molecule has 0 spiro atoms. The van der Waals surface area contributed by atoms with Gasteiger partial charge in [0.05, 0.1) is 12.7 Å². The Balaban J connectivity index is 3.83. The topological polar surface area (TPSA) is 72.8 Å². The molecule has 0 radical (unpaired) electrons. The van der Waals surface area contributed by atoms with Crippen LogP contribution in [0, 0.1) is 0 Å². The van der Waals surface area contributed by atoms with Gasteiger partial charge in [-0.2, -0.15) is 0 Å². The van der Waals surface area contributed by atoms with E-state index in [9.17, 15) is 9.59 Å². The summed E-state index contributed by atoms with van der Waals surface area (Å²) >= 11 is 0. The van der Waals surface area contributed by atoms with Crippen molar-refractivity contribution in [1.29, 1.82) is 0 Å². The van der Waals surface area contributed by atoms with Gasteiger partial charge in [-0.3, -0.25) is 9.59 Å².